The fourth-order valence-corrected chi connectivity index (χ4v) is 2.84. The van der Waals surface area contributed by atoms with Crippen molar-refractivity contribution in [2.45, 2.75) is 12.6 Å². The molecule has 8 nitrogen and oxygen atoms in total. The highest BCUT2D eigenvalue weighted by molar-refractivity contribution is 7.89. The van der Waals surface area contributed by atoms with E-state index in [0.717, 1.165) is 0 Å². The highest BCUT2D eigenvalue weighted by Crippen LogP contribution is 2.19. The second-order valence-corrected chi connectivity index (χ2v) is 7.08. The maximum Gasteiger partial charge on any atom is 0.390 e. The van der Waals surface area contributed by atoms with Crippen LogP contribution in [-0.4, -0.2) is 48.6 Å². The Kier molecular flexibility index (Phi) is 6.69. The average Bonchev–Trinajstić information content (AvgIpc) is 2.59. The first-order valence-corrected chi connectivity index (χ1v) is 9.18. The molecule has 0 aliphatic carbocycles. The van der Waals surface area contributed by atoms with Gasteiger partial charge in [0.05, 0.1) is 12.2 Å². The lowest BCUT2D eigenvalue weighted by Gasteiger charge is -2.10. The van der Waals surface area contributed by atoms with Crippen LogP contribution < -0.4 is 15.4 Å². The van der Waals surface area contributed by atoms with Gasteiger partial charge in [0.2, 0.25) is 10.0 Å². The molecule has 0 fully saturated rings. The van der Waals surface area contributed by atoms with E-state index in [2.05, 4.69) is 30.5 Å². The Labute approximate surface area is 148 Å². The number of nitrogens with zero attached hydrogens (tertiary/aromatic N) is 3. The number of anilines is 3. The van der Waals surface area contributed by atoms with Gasteiger partial charge in [0.25, 0.3) is 0 Å². The maximum atomic E-state index is 12.0. The van der Waals surface area contributed by atoms with E-state index in [9.17, 15) is 21.6 Å². The third-order valence-electron chi connectivity index (χ3n) is 2.99. The van der Waals surface area contributed by atoms with E-state index in [1.165, 1.54) is 0 Å². The third-order valence-corrected chi connectivity index (χ3v) is 4.38. The summed E-state index contributed by atoms with van der Waals surface area (Å²) < 4.78 is 61.0. The van der Waals surface area contributed by atoms with Crippen molar-refractivity contribution in [1.29, 1.82) is 0 Å². The summed E-state index contributed by atoms with van der Waals surface area (Å²) >= 11 is 0. The summed E-state index contributed by atoms with van der Waals surface area (Å²) in [5.41, 5.74) is 0. The fraction of sp³-hybridized carbons (Fsp3) is 0.357. The average molecular weight is 390 g/mol. The van der Waals surface area contributed by atoms with Crippen molar-refractivity contribution in [3.8, 4) is 0 Å². The van der Waals surface area contributed by atoms with Crippen LogP contribution in [0.4, 0.5) is 30.6 Å². The molecule has 3 N–H and O–H groups in total. The highest BCUT2D eigenvalue weighted by atomic mass is 32.2. The molecule has 0 aliphatic rings. The molecule has 2 aromatic heterocycles. The van der Waals surface area contributed by atoms with Crippen molar-refractivity contribution < 1.29 is 21.6 Å². The molecule has 0 spiro atoms. The van der Waals surface area contributed by atoms with Crippen LogP contribution in [0, 0.1) is 0 Å². The van der Waals surface area contributed by atoms with Gasteiger partial charge in [-0.25, -0.2) is 18.1 Å². The van der Waals surface area contributed by atoms with E-state index in [-0.39, 0.29) is 13.1 Å². The third kappa shape index (κ3) is 7.61. The Hall–Kier alpha value is -2.47. The molecule has 0 radical (unpaired) electrons. The summed E-state index contributed by atoms with van der Waals surface area (Å²) in [7, 11) is -3.97. The molecule has 2 rings (SSSR count). The van der Waals surface area contributed by atoms with Gasteiger partial charge >= 0.3 is 6.18 Å². The Bertz CT molecular complexity index is 785. The lowest BCUT2D eigenvalue weighted by Crippen LogP contribution is -2.32. The van der Waals surface area contributed by atoms with E-state index in [4.69, 9.17) is 0 Å². The zero-order chi connectivity index (χ0) is 19.0. The lowest BCUT2D eigenvalue weighted by molar-refractivity contribution is -0.129. The van der Waals surface area contributed by atoms with Gasteiger partial charge in [0.1, 0.15) is 11.6 Å². The molecule has 0 atom stereocenters. The van der Waals surface area contributed by atoms with Crippen molar-refractivity contribution in [3.05, 3.63) is 36.5 Å². The summed E-state index contributed by atoms with van der Waals surface area (Å²) in [5.74, 6) is 0.480. The van der Waals surface area contributed by atoms with Gasteiger partial charge in [0.15, 0.2) is 5.82 Å². The lowest BCUT2D eigenvalue weighted by atomic mass is 10.4. The molecule has 2 heterocycles. The second kappa shape index (κ2) is 8.76. The Morgan fingerprint density at radius 3 is 2.31 bits per heavy atom. The van der Waals surface area contributed by atoms with Crippen LogP contribution in [0.3, 0.4) is 0 Å². The molecular formula is C14H17F3N6O2S. The van der Waals surface area contributed by atoms with E-state index in [0.29, 0.717) is 17.5 Å². The van der Waals surface area contributed by atoms with Crippen molar-refractivity contribution in [1.82, 2.24) is 19.9 Å². The monoisotopic (exact) mass is 390 g/mol. The number of rotatable bonds is 9. The number of pyridine rings is 1. The molecule has 142 valence electrons. The summed E-state index contributed by atoms with van der Waals surface area (Å²) in [6.07, 6.45) is -4.26. The zero-order valence-corrected chi connectivity index (χ0v) is 14.3. The smallest absolute Gasteiger partial charge is 0.367 e. The van der Waals surface area contributed by atoms with Crippen LogP contribution in [0.5, 0.6) is 0 Å². The molecule has 0 bridgehead atoms. The molecule has 26 heavy (non-hydrogen) atoms. The number of hydrogen-bond donors (Lipinski definition) is 3. The first kappa shape index (κ1) is 19.8. The van der Waals surface area contributed by atoms with Gasteiger partial charge in [0, 0.05) is 19.3 Å². The van der Waals surface area contributed by atoms with E-state index < -0.39 is 28.4 Å². The topological polar surface area (TPSA) is 109 Å². The summed E-state index contributed by atoms with van der Waals surface area (Å²) in [6.45, 7) is 0.0722. The summed E-state index contributed by atoms with van der Waals surface area (Å²) in [5, 5.41) is 13.6. The molecule has 0 amide bonds. The number of hydrogen-bond acceptors (Lipinski definition) is 7. The van der Waals surface area contributed by atoms with E-state index >= 15 is 0 Å². The van der Waals surface area contributed by atoms with Gasteiger partial charge in [-0.15, -0.1) is 10.2 Å². The molecule has 0 aliphatic heterocycles. The Balaban J connectivity index is 1.73. The molecule has 0 saturated carbocycles. The fourth-order valence-electron chi connectivity index (χ4n) is 1.78. The van der Waals surface area contributed by atoms with Crippen LogP contribution in [0.2, 0.25) is 0 Å². The number of aromatic nitrogens is 3. The van der Waals surface area contributed by atoms with Crippen LogP contribution >= 0.6 is 0 Å². The van der Waals surface area contributed by atoms with Gasteiger partial charge in [-0.3, -0.25) is 0 Å². The maximum absolute atomic E-state index is 12.0. The minimum absolute atomic E-state index is 0.0736. The van der Waals surface area contributed by atoms with E-state index in [1.807, 2.05) is 6.07 Å². The number of sulfonamides is 1. The minimum Gasteiger partial charge on any atom is -0.367 e. The first-order chi connectivity index (χ1) is 12.2. The predicted octanol–water partition coefficient (Wildman–Crippen LogP) is 1.90. The molecule has 12 heteroatoms. The second-order valence-electron chi connectivity index (χ2n) is 5.15. The molecule has 0 aromatic carbocycles. The largest absolute Gasteiger partial charge is 0.390 e. The van der Waals surface area contributed by atoms with Gasteiger partial charge in [-0.2, -0.15) is 13.2 Å². The minimum atomic E-state index is -4.51. The number of halogens is 3. The van der Waals surface area contributed by atoms with Crippen molar-refractivity contribution >= 4 is 27.5 Å². The first-order valence-electron chi connectivity index (χ1n) is 7.53. The van der Waals surface area contributed by atoms with Crippen LogP contribution in [0.1, 0.15) is 6.42 Å². The molecular weight excluding hydrogens is 373 g/mol. The zero-order valence-electron chi connectivity index (χ0n) is 13.5. The van der Waals surface area contributed by atoms with Crippen LogP contribution in [0.15, 0.2) is 36.5 Å². The van der Waals surface area contributed by atoms with Crippen molar-refractivity contribution in [2.24, 2.45) is 0 Å². The van der Waals surface area contributed by atoms with Crippen LogP contribution in [-0.2, 0) is 10.0 Å². The number of nitrogens with one attached hydrogen (secondary N) is 3. The Morgan fingerprint density at radius 2 is 1.69 bits per heavy atom. The standard InChI is InChI=1S/C14H17F3N6O2S/c15-14(16,17)6-10-26(24,25)20-9-8-19-12-4-5-13(23-22-12)21-11-3-1-2-7-18-11/h1-5,7,20H,6,8-10H2,(H,19,22)(H,18,21,23). The van der Waals surface area contributed by atoms with Gasteiger partial charge in [-0.05, 0) is 24.3 Å². The number of alkyl halides is 3. The van der Waals surface area contributed by atoms with Gasteiger partial charge in [-0.1, -0.05) is 6.07 Å². The quantitative estimate of drug-likeness (QED) is 0.561. The summed E-state index contributed by atoms with van der Waals surface area (Å²) in [4.78, 5) is 4.08. The summed E-state index contributed by atoms with van der Waals surface area (Å²) in [6, 6.07) is 8.63. The van der Waals surface area contributed by atoms with Crippen molar-refractivity contribution in [3.63, 3.8) is 0 Å². The van der Waals surface area contributed by atoms with E-state index in [1.54, 1.807) is 30.5 Å². The predicted molar refractivity (Wildman–Crippen MR) is 90.5 cm³/mol. The highest BCUT2D eigenvalue weighted by Gasteiger charge is 2.29. The van der Waals surface area contributed by atoms with Crippen molar-refractivity contribution in [2.75, 3.05) is 29.5 Å². The SMILES string of the molecule is O=S(=O)(CCC(F)(F)F)NCCNc1ccc(Nc2ccccn2)nn1. The molecule has 2 aromatic rings. The van der Waals surface area contributed by atoms with Crippen LogP contribution in [0.25, 0.3) is 0 Å². The molecule has 0 unspecified atom stereocenters. The molecule has 0 saturated heterocycles. The Morgan fingerprint density at radius 1 is 0.962 bits per heavy atom. The van der Waals surface area contributed by atoms with Gasteiger partial charge < -0.3 is 10.6 Å². The normalized spacial score (nSPS) is 12.0.